The average Bonchev–Trinajstić information content (AvgIpc) is 2.38. The summed E-state index contributed by atoms with van der Waals surface area (Å²) < 4.78 is 0. The molecule has 0 saturated heterocycles. The zero-order chi connectivity index (χ0) is 14.0. The molecule has 1 heterocycles. The van der Waals surface area contributed by atoms with Gasteiger partial charge in [-0.05, 0) is 56.1 Å². The summed E-state index contributed by atoms with van der Waals surface area (Å²) in [6.07, 6.45) is 5.97. The Balaban J connectivity index is 2.10. The van der Waals surface area contributed by atoms with E-state index in [9.17, 15) is 4.79 Å². The number of carbonyl (C=O) groups is 1. The molecule has 0 radical (unpaired) electrons. The predicted molar refractivity (Wildman–Crippen MR) is 78.0 cm³/mol. The SMILES string of the molecule is Cc1ccnc(N)c1C(=O)C1CCC(C(C)C)CC1. The minimum atomic E-state index is 0.139. The number of nitrogen functional groups attached to an aromatic ring is 1. The van der Waals surface area contributed by atoms with Crippen molar-refractivity contribution in [2.75, 3.05) is 5.73 Å². The zero-order valence-electron chi connectivity index (χ0n) is 12.1. The van der Waals surface area contributed by atoms with Crippen molar-refractivity contribution in [1.29, 1.82) is 0 Å². The third kappa shape index (κ3) is 2.96. The highest BCUT2D eigenvalue weighted by molar-refractivity contribution is 6.02. The Hall–Kier alpha value is -1.38. The van der Waals surface area contributed by atoms with Gasteiger partial charge >= 0.3 is 0 Å². The normalized spacial score (nSPS) is 23.6. The fourth-order valence-corrected chi connectivity index (χ4v) is 3.15. The number of ketones is 1. The maximum atomic E-state index is 12.6. The van der Waals surface area contributed by atoms with Gasteiger partial charge in [-0.3, -0.25) is 4.79 Å². The second-order valence-corrected chi connectivity index (χ2v) is 6.11. The highest BCUT2D eigenvalue weighted by Gasteiger charge is 2.29. The van der Waals surface area contributed by atoms with Crippen molar-refractivity contribution >= 4 is 11.6 Å². The van der Waals surface area contributed by atoms with E-state index < -0.39 is 0 Å². The number of nitrogens with zero attached hydrogens (tertiary/aromatic N) is 1. The number of Topliss-reactive ketones (excluding diaryl/α,β-unsaturated/α-hetero) is 1. The molecular weight excluding hydrogens is 236 g/mol. The van der Waals surface area contributed by atoms with E-state index in [0.717, 1.165) is 43.1 Å². The molecule has 0 atom stereocenters. The molecule has 19 heavy (non-hydrogen) atoms. The molecule has 1 fully saturated rings. The molecule has 0 spiro atoms. The van der Waals surface area contributed by atoms with Crippen LogP contribution >= 0.6 is 0 Å². The standard InChI is InChI=1S/C16H24N2O/c1-10(2)12-4-6-13(7-5-12)15(19)14-11(3)8-9-18-16(14)17/h8-10,12-13H,4-7H2,1-3H3,(H2,17,18). The molecule has 0 amide bonds. The van der Waals surface area contributed by atoms with Crippen molar-refractivity contribution in [3.63, 3.8) is 0 Å². The molecular formula is C16H24N2O. The fourth-order valence-electron chi connectivity index (χ4n) is 3.15. The molecule has 1 aliphatic carbocycles. The smallest absolute Gasteiger partial charge is 0.169 e. The number of hydrogen-bond acceptors (Lipinski definition) is 3. The molecule has 104 valence electrons. The van der Waals surface area contributed by atoms with E-state index in [-0.39, 0.29) is 11.7 Å². The molecule has 0 aromatic carbocycles. The van der Waals surface area contributed by atoms with Gasteiger partial charge in [-0.2, -0.15) is 0 Å². The van der Waals surface area contributed by atoms with Gasteiger partial charge in [0.2, 0.25) is 0 Å². The van der Waals surface area contributed by atoms with Gasteiger partial charge in [-0.25, -0.2) is 4.98 Å². The molecule has 1 aromatic rings. The molecule has 1 aromatic heterocycles. The Morgan fingerprint density at radius 1 is 1.32 bits per heavy atom. The number of aromatic nitrogens is 1. The summed E-state index contributed by atoms with van der Waals surface area (Å²) >= 11 is 0. The van der Waals surface area contributed by atoms with Crippen LogP contribution in [0.1, 0.15) is 55.5 Å². The summed E-state index contributed by atoms with van der Waals surface area (Å²) in [4.78, 5) is 16.7. The summed E-state index contributed by atoms with van der Waals surface area (Å²) in [5, 5.41) is 0. The number of hydrogen-bond donors (Lipinski definition) is 1. The van der Waals surface area contributed by atoms with Crippen LogP contribution in [-0.4, -0.2) is 10.8 Å². The first-order chi connectivity index (χ1) is 9.00. The van der Waals surface area contributed by atoms with Gasteiger partial charge in [-0.15, -0.1) is 0 Å². The summed E-state index contributed by atoms with van der Waals surface area (Å²) in [5.41, 5.74) is 7.47. The van der Waals surface area contributed by atoms with Crippen LogP contribution in [0.4, 0.5) is 5.82 Å². The summed E-state index contributed by atoms with van der Waals surface area (Å²) in [5.74, 6) is 2.22. The van der Waals surface area contributed by atoms with Crippen molar-refractivity contribution in [2.45, 2.75) is 46.5 Å². The van der Waals surface area contributed by atoms with Crippen LogP contribution in [0.15, 0.2) is 12.3 Å². The predicted octanol–water partition coefficient (Wildman–Crippen LogP) is 3.62. The van der Waals surface area contributed by atoms with Crippen molar-refractivity contribution in [2.24, 2.45) is 17.8 Å². The average molecular weight is 260 g/mol. The molecule has 1 aliphatic rings. The van der Waals surface area contributed by atoms with Gasteiger partial charge in [0.15, 0.2) is 5.78 Å². The highest BCUT2D eigenvalue weighted by Crippen LogP contribution is 2.35. The summed E-state index contributed by atoms with van der Waals surface area (Å²) in [6, 6.07) is 1.86. The van der Waals surface area contributed by atoms with Crippen molar-refractivity contribution < 1.29 is 4.79 Å². The van der Waals surface area contributed by atoms with Crippen LogP contribution in [-0.2, 0) is 0 Å². The Morgan fingerprint density at radius 3 is 2.47 bits per heavy atom. The van der Waals surface area contributed by atoms with E-state index in [1.165, 1.54) is 0 Å². The maximum Gasteiger partial charge on any atom is 0.169 e. The Bertz CT molecular complexity index is 440. The lowest BCUT2D eigenvalue weighted by Gasteiger charge is -2.30. The molecule has 0 aliphatic heterocycles. The maximum absolute atomic E-state index is 12.6. The lowest BCUT2D eigenvalue weighted by Crippen LogP contribution is -2.25. The van der Waals surface area contributed by atoms with Crippen molar-refractivity contribution in [1.82, 2.24) is 4.98 Å². The topological polar surface area (TPSA) is 56.0 Å². The monoisotopic (exact) mass is 260 g/mol. The van der Waals surface area contributed by atoms with Crippen molar-refractivity contribution in [3.8, 4) is 0 Å². The fraction of sp³-hybridized carbons (Fsp3) is 0.625. The van der Waals surface area contributed by atoms with Gasteiger partial charge < -0.3 is 5.73 Å². The lowest BCUT2D eigenvalue weighted by atomic mass is 9.74. The molecule has 0 unspecified atom stereocenters. The molecule has 2 N–H and O–H groups in total. The number of pyridine rings is 1. The lowest BCUT2D eigenvalue weighted by molar-refractivity contribution is 0.0859. The zero-order valence-corrected chi connectivity index (χ0v) is 12.1. The van der Waals surface area contributed by atoms with E-state index in [4.69, 9.17) is 5.73 Å². The minimum Gasteiger partial charge on any atom is -0.383 e. The van der Waals surface area contributed by atoms with Crippen LogP contribution in [0.5, 0.6) is 0 Å². The molecule has 0 bridgehead atoms. The minimum absolute atomic E-state index is 0.139. The van der Waals surface area contributed by atoms with E-state index in [0.29, 0.717) is 11.4 Å². The van der Waals surface area contributed by atoms with Crippen LogP contribution in [0.25, 0.3) is 0 Å². The third-order valence-electron chi connectivity index (χ3n) is 4.52. The quantitative estimate of drug-likeness (QED) is 0.844. The molecule has 3 heteroatoms. The van der Waals surface area contributed by atoms with Crippen LogP contribution in [0.3, 0.4) is 0 Å². The molecule has 1 saturated carbocycles. The summed E-state index contributed by atoms with van der Waals surface area (Å²) in [6.45, 7) is 6.48. The van der Waals surface area contributed by atoms with Gasteiger partial charge in [0.05, 0.1) is 5.56 Å². The third-order valence-corrected chi connectivity index (χ3v) is 4.52. The first kappa shape index (κ1) is 14.0. The Labute approximate surface area is 115 Å². The van der Waals surface area contributed by atoms with Crippen molar-refractivity contribution in [3.05, 3.63) is 23.4 Å². The second-order valence-electron chi connectivity index (χ2n) is 6.11. The van der Waals surface area contributed by atoms with Gasteiger partial charge in [0.1, 0.15) is 5.82 Å². The number of rotatable bonds is 3. The second kappa shape index (κ2) is 5.72. The van der Waals surface area contributed by atoms with E-state index in [1.54, 1.807) is 6.20 Å². The number of nitrogens with two attached hydrogens (primary N) is 1. The van der Waals surface area contributed by atoms with Crippen LogP contribution in [0, 0.1) is 24.7 Å². The number of aryl methyl sites for hydroxylation is 1. The largest absolute Gasteiger partial charge is 0.383 e. The van der Waals surface area contributed by atoms with E-state index in [2.05, 4.69) is 18.8 Å². The first-order valence-corrected chi connectivity index (χ1v) is 7.26. The Kier molecular flexibility index (Phi) is 4.23. The van der Waals surface area contributed by atoms with E-state index >= 15 is 0 Å². The number of anilines is 1. The molecule has 3 nitrogen and oxygen atoms in total. The Morgan fingerprint density at radius 2 is 1.95 bits per heavy atom. The highest BCUT2D eigenvalue weighted by atomic mass is 16.1. The van der Waals surface area contributed by atoms with Gasteiger partial charge in [-0.1, -0.05) is 13.8 Å². The van der Waals surface area contributed by atoms with Gasteiger partial charge in [0.25, 0.3) is 0 Å². The first-order valence-electron chi connectivity index (χ1n) is 7.26. The van der Waals surface area contributed by atoms with Gasteiger partial charge in [0, 0.05) is 12.1 Å². The number of carbonyl (C=O) groups excluding carboxylic acids is 1. The summed E-state index contributed by atoms with van der Waals surface area (Å²) in [7, 11) is 0. The van der Waals surface area contributed by atoms with E-state index in [1.807, 2.05) is 13.0 Å². The van der Waals surface area contributed by atoms with Crippen LogP contribution in [0.2, 0.25) is 0 Å². The molecule has 2 rings (SSSR count). The van der Waals surface area contributed by atoms with Crippen LogP contribution < -0.4 is 5.73 Å².